The fourth-order valence-electron chi connectivity index (χ4n) is 3.51. The molecule has 0 unspecified atom stereocenters. The number of rotatable bonds is 4. The number of carbonyl (C=O) groups excluding carboxylic acids is 2. The first-order chi connectivity index (χ1) is 13.3. The number of amides is 1. The maximum absolute atomic E-state index is 12.3. The molecule has 0 spiro atoms. The second-order valence-electron chi connectivity index (χ2n) is 6.57. The fraction of sp³-hybridized carbons (Fsp3) is 0.238. The van der Waals surface area contributed by atoms with Crippen molar-refractivity contribution in [2.45, 2.75) is 6.61 Å². The van der Waals surface area contributed by atoms with Crippen LogP contribution in [-0.2, 0) is 11.3 Å². The third-order valence-electron chi connectivity index (χ3n) is 4.92. The van der Waals surface area contributed by atoms with Gasteiger partial charge in [0.1, 0.15) is 6.61 Å². The van der Waals surface area contributed by atoms with E-state index < -0.39 is 0 Å². The number of hydrogen-bond donors (Lipinski definition) is 1. The number of carbonyl (C=O) groups is 2. The second-order valence-corrected chi connectivity index (χ2v) is 6.57. The van der Waals surface area contributed by atoms with E-state index in [-0.39, 0.29) is 12.7 Å². The first-order valence-electron chi connectivity index (χ1n) is 9.02. The Kier molecular flexibility index (Phi) is 4.78. The van der Waals surface area contributed by atoms with Gasteiger partial charge in [-0.25, -0.2) is 4.79 Å². The zero-order valence-corrected chi connectivity index (χ0v) is 14.9. The highest BCUT2D eigenvalue weighted by atomic mass is 16.6. The molecule has 1 fully saturated rings. The number of piperazine rings is 1. The van der Waals surface area contributed by atoms with Crippen LogP contribution in [0.2, 0.25) is 0 Å². The SMILES string of the molecule is O=Cc1ccc2[nH]ccc2c1N1CCN(C(=O)OCc2ccccc2)CC1. The maximum atomic E-state index is 12.3. The van der Waals surface area contributed by atoms with Crippen LogP contribution >= 0.6 is 0 Å². The molecule has 1 saturated heterocycles. The van der Waals surface area contributed by atoms with E-state index in [4.69, 9.17) is 4.74 Å². The molecule has 0 saturated carbocycles. The quantitative estimate of drug-likeness (QED) is 0.721. The van der Waals surface area contributed by atoms with Crippen molar-refractivity contribution < 1.29 is 14.3 Å². The van der Waals surface area contributed by atoms with Gasteiger partial charge in [-0.05, 0) is 23.8 Å². The summed E-state index contributed by atoms with van der Waals surface area (Å²) in [7, 11) is 0. The van der Waals surface area contributed by atoms with Crippen LogP contribution in [0.1, 0.15) is 15.9 Å². The molecule has 2 heterocycles. The Morgan fingerprint density at radius 2 is 1.81 bits per heavy atom. The van der Waals surface area contributed by atoms with E-state index in [1.807, 2.05) is 54.7 Å². The summed E-state index contributed by atoms with van der Waals surface area (Å²) in [6.07, 6.45) is 2.47. The average molecular weight is 363 g/mol. The third-order valence-corrected chi connectivity index (χ3v) is 4.92. The summed E-state index contributed by atoms with van der Waals surface area (Å²) in [6, 6.07) is 15.4. The molecule has 4 rings (SSSR count). The molecule has 1 N–H and O–H groups in total. The van der Waals surface area contributed by atoms with Gasteiger partial charge >= 0.3 is 6.09 Å². The standard InChI is InChI=1S/C21H21N3O3/c25-14-17-6-7-19-18(8-9-22-19)20(17)23-10-12-24(13-11-23)21(26)27-15-16-4-2-1-3-5-16/h1-9,14,22H,10-13,15H2. The number of aromatic nitrogens is 1. The molecule has 1 aliphatic rings. The molecule has 3 aromatic rings. The Labute approximate surface area is 157 Å². The van der Waals surface area contributed by atoms with Gasteiger partial charge in [-0.15, -0.1) is 0 Å². The summed E-state index contributed by atoms with van der Waals surface area (Å²) in [6.45, 7) is 2.72. The second kappa shape index (κ2) is 7.53. The van der Waals surface area contributed by atoms with Gasteiger partial charge in [0.15, 0.2) is 6.29 Å². The monoisotopic (exact) mass is 363 g/mol. The van der Waals surface area contributed by atoms with Crippen LogP contribution in [0, 0.1) is 0 Å². The van der Waals surface area contributed by atoms with Crippen LogP contribution in [0.15, 0.2) is 54.7 Å². The van der Waals surface area contributed by atoms with Crippen molar-refractivity contribution in [3.05, 3.63) is 65.9 Å². The van der Waals surface area contributed by atoms with Gasteiger partial charge in [0.2, 0.25) is 0 Å². The zero-order chi connectivity index (χ0) is 18.6. The number of hydrogen-bond acceptors (Lipinski definition) is 4. The van der Waals surface area contributed by atoms with Crippen LogP contribution < -0.4 is 4.90 Å². The van der Waals surface area contributed by atoms with E-state index >= 15 is 0 Å². The number of nitrogens with one attached hydrogen (secondary N) is 1. The van der Waals surface area contributed by atoms with Crippen molar-refractivity contribution in [3.63, 3.8) is 0 Å². The highest BCUT2D eigenvalue weighted by Gasteiger charge is 2.25. The molecule has 1 aliphatic heterocycles. The van der Waals surface area contributed by atoms with Crippen molar-refractivity contribution >= 4 is 29.0 Å². The van der Waals surface area contributed by atoms with Crippen molar-refractivity contribution in [1.82, 2.24) is 9.88 Å². The first-order valence-corrected chi connectivity index (χ1v) is 9.02. The number of aldehydes is 1. The summed E-state index contributed by atoms with van der Waals surface area (Å²) in [5.41, 5.74) is 3.57. The minimum absolute atomic E-state index is 0.276. The molecular formula is C21H21N3O3. The molecule has 0 atom stereocenters. The predicted molar refractivity (Wildman–Crippen MR) is 104 cm³/mol. The molecule has 0 aliphatic carbocycles. The molecule has 0 bridgehead atoms. The summed E-state index contributed by atoms with van der Waals surface area (Å²) in [4.78, 5) is 30.9. The van der Waals surface area contributed by atoms with E-state index in [0.29, 0.717) is 31.7 Å². The largest absolute Gasteiger partial charge is 0.445 e. The lowest BCUT2D eigenvalue weighted by molar-refractivity contribution is 0.0941. The molecule has 0 radical (unpaired) electrons. The van der Waals surface area contributed by atoms with Gasteiger partial charge in [0, 0.05) is 48.8 Å². The molecule has 1 amide bonds. The van der Waals surface area contributed by atoms with Crippen LogP contribution in [0.3, 0.4) is 0 Å². The summed E-state index contributed by atoms with van der Waals surface area (Å²) >= 11 is 0. The summed E-state index contributed by atoms with van der Waals surface area (Å²) in [5, 5.41) is 1.03. The minimum Gasteiger partial charge on any atom is -0.445 e. The van der Waals surface area contributed by atoms with Crippen LogP contribution in [-0.4, -0.2) is 48.4 Å². The lowest BCUT2D eigenvalue weighted by atomic mass is 10.1. The Bertz CT molecular complexity index is 944. The van der Waals surface area contributed by atoms with Gasteiger partial charge in [-0.2, -0.15) is 0 Å². The van der Waals surface area contributed by atoms with E-state index in [0.717, 1.165) is 28.4 Å². The Morgan fingerprint density at radius 3 is 2.56 bits per heavy atom. The molecule has 2 aromatic carbocycles. The van der Waals surface area contributed by atoms with E-state index in [1.165, 1.54) is 0 Å². The van der Waals surface area contributed by atoms with Crippen molar-refractivity contribution in [2.75, 3.05) is 31.1 Å². The van der Waals surface area contributed by atoms with Crippen molar-refractivity contribution in [1.29, 1.82) is 0 Å². The number of benzene rings is 2. The predicted octanol–water partition coefficient (Wildman–Crippen LogP) is 3.44. The average Bonchev–Trinajstić information content (AvgIpc) is 3.21. The molecular weight excluding hydrogens is 342 g/mol. The molecule has 27 heavy (non-hydrogen) atoms. The number of H-pyrrole nitrogens is 1. The Balaban J connectivity index is 1.41. The lowest BCUT2D eigenvalue weighted by Gasteiger charge is -2.36. The third kappa shape index (κ3) is 3.51. The number of aromatic amines is 1. The van der Waals surface area contributed by atoms with Crippen LogP contribution in [0.25, 0.3) is 10.9 Å². The van der Waals surface area contributed by atoms with E-state index in [9.17, 15) is 9.59 Å². The Hall–Kier alpha value is -3.28. The van der Waals surface area contributed by atoms with Gasteiger partial charge in [0.05, 0.1) is 5.69 Å². The fourth-order valence-corrected chi connectivity index (χ4v) is 3.51. The summed E-state index contributed by atoms with van der Waals surface area (Å²) in [5.74, 6) is 0. The van der Waals surface area contributed by atoms with E-state index in [2.05, 4.69) is 9.88 Å². The molecule has 1 aromatic heterocycles. The van der Waals surface area contributed by atoms with Gasteiger partial charge in [-0.1, -0.05) is 30.3 Å². The highest BCUT2D eigenvalue weighted by Crippen LogP contribution is 2.30. The first kappa shape index (κ1) is 17.1. The Morgan fingerprint density at radius 1 is 1.04 bits per heavy atom. The number of nitrogens with zero attached hydrogens (tertiary/aromatic N) is 2. The molecule has 6 heteroatoms. The normalized spacial score (nSPS) is 14.4. The topological polar surface area (TPSA) is 65.6 Å². The van der Waals surface area contributed by atoms with Crippen molar-refractivity contribution in [3.8, 4) is 0 Å². The van der Waals surface area contributed by atoms with E-state index in [1.54, 1.807) is 4.90 Å². The highest BCUT2D eigenvalue weighted by molar-refractivity contribution is 6.01. The number of ether oxygens (including phenoxy) is 1. The number of fused-ring (bicyclic) bond motifs is 1. The van der Waals surface area contributed by atoms with Crippen molar-refractivity contribution in [2.24, 2.45) is 0 Å². The van der Waals surface area contributed by atoms with Gasteiger partial charge in [0.25, 0.3) is 0 Å². The minimum atomic E-state index is -0.297. The van der Waals surface area contributed by atoms with Crippen LogP contribution in [0.4, 0.5) is 10.5 Å². The lowest BCUT2D eigenvalue weighted by Crippen LogP contribution is -2.49. The zero-order valence-electron chi connectivity index (χ0n) is 14.9. The van der Waals surface area contributed by atoms with Crippen LogP contribution in [0.5, 0.6) is 0 Å². The maximum Gasteiger partial charge on any atom is 0.410 e. The molecule has 138 valence electrons. The number of anilines is 1. The van der Waals surface area contributed by atoms with Gasteiger partial charge in [-0.3, -0.25) is 4.79 Å². The summed E-state index contributed by atoms with van der Waals surface area (Å²) < 4.78 is 5.42. The van der Waals surface area contributed by atoms with Gasteiger partial charge < -0.3 is 19.5 Å². The smallest absolute Gasteiger partial charge is 0.410 e. The molecule has 6 nitrogen and oxygen atoms in total.